The average Bonchev–Trinajstić information content (AvgIpc) is 2.47. The van der Waals surface area contributed by atoms with E-state index >= 15 is 0 Å². The third-order valence-electron chi connectivity index (χ3n) is 4.55. The van der Waals surface area contributed by atoms with Gasteiger partial charge < -0.3 is 4.74 Å². The smallest absolute Gasteiger partial charge is 0.0847 e. The summed E-state index contributed by atoms with van der Waals surface area (Å²) in [6, 6.07) is 4.23. The van der Waals surface area contributed by atoms with E-state index in [4.69, 9.17) is 10.6 Å². The molecule has 0 saturated heterocycles. The number of aromatic nitrogens is 1. The summed E-state index contributed by atoms with van der Waals surface area (Å²) >= 11 is 0. The number of pyridine rings is 1. The Morgan fingerprint density at radius 1 is 1.42 bits per heavy atom. The summed E-state index contributed by atoms with van der Waals surface area (Å²) in [5.74, 6) is 6.60. The lowest BCUT2D eigenvalue weighted by Crippen LogP contribution is -2.57. The van der Waals surface area contributed by atoms with Crippen LogP contribution in [0.25, 0.3) is 0 Å². The first-order valence-electron chi connectivity index (χ1n) is 7.10. The second-order valence-electron chi connectivity index (χ2n) is 5.73. The molecule has 0 aromatic carbocycles. The van der Waals surface area contributed by atoms with Crippen LogP contribution in [0.3, 0.4) is 0 Å². The second-order valence-corrected chi connectivity index (χ2v) is 5.73. The Balaban J connectivity index is 2.10. The predicted octanol–water partition coefficient (Wildman–Crippen LogP) is 2.05. The summed E-state index contributed by atoms with van der Waals surface area (Å²) in [4.78, 5) is 4.06. The fourth-order valence-electron chi connectivity index (χ4n) is 3.10. The van der Waals surface area contributed by atoms with Gasteiger partial charge in [-0.25, -0.2) is 0 Å². The number of nitrogens with zero attached hydrogens (tertiary/aromatic N) is 1. The molecule has 0 bridgehead atoms. The standard InChI is InChI=1S/C15H25N3O/c1-12-3-7-15(19-2,8-4-12)14(18-16)11-13-5-9-17-10-6-13/h5-6,9-10,12,14,18H,3-4,7-8,11,16H2,1-2H3. The molecule has 1 aliphatic carbocycles. The lowest BCUT2D eigenvalue weighted by atomic mass is 9.74. The molecule has 0 spiro atoms. The van der Waals surface area contributed by atoms with Crippen LogP contribution in [-0.2, 0) is 11.2 Å². The number of methoxy groups -OCH3 is 1. The van der Waals surface area contributed by atoms with Gasteiger partial charge in [0, 0.05) is 19.5 Å². The zero-order chi connectivity index (χ0) is 13.7. The van der Waals surface area contributed by atoms with Crippen LogP contribution in [0, 0.1) is 5.92 Å². The van der Waals surface area contributed by atoms with E-state index in [1.54, 1.807) is 0 Å². The molecule has 1 heterocycles. The largest absolute Gasteiger partial charge is 0.377 e. The third kappa shape index (κ3) is 3.32. The van der Waals surface area contributed by atoms with Crippen molar-refractivity contribution in [2.75, 3.05) is 7.11 Å². The molecule has 0 amide bonds. The number of nitrogens with one attached hydrogen (secondary N) is 1. The maximum Gasteiger partial charge on any atom is 0.0847 e. The number of rotatable bonds is 5. The first-order chi connectivity index (χ1) is 9.20. The molecular weight excluding hydrogens is 238 g/mol. The topological polar surface area (TPSA) is 60.2 Å². The van der Waals surface area contributed by atoms with Gasteiger partial charge in [-0.05, 0) is 55.7 Å². The monoisotopic (exact) mass is 263 g/mol. The molecule has 4 nitrogen and oxygen atoms in total. The lowest BCUT2D eigenvalue weighted by molar-refractivity contribution is -0.0746. The van der Waals surface area contributed by atoms with Gasteiger partial charge in [-0.3, -0.25) is 16.3 Å². The third-order valence-corrected chi connectivity index (χ3v) is 4.55. The molecule has 1 fully saturated rings. The Hall–Kier alpha value is -0.970. The van der Waals surface area contributed by atoms with E-state index in [-0.39, 0.29) is 11.6 Å². The summed E-state index contributed by atoms with van der Waals surface area (Å²) < 4.78 is 5.89. The highest BCUT2D eigenvalue weighted by atomic mass is 16.5. The van der Waals surface area contributed by atoms with Gasteiger partial charge in [0.2, 0.25) is 0 Å². The van der Waals surface area contributed by atoms with E-state index in [2.05, 4.69) is 17.3 Å². The molecule has 1 aromatic rings. The molecule has 1 aromatic heterocycles. The van der Waals surface area contributed by atoms with Crippen molar-refractivity contribution >= 4 is 0 Å². The highest BCUT2D eigenvalue weighted by Crippen LogP contribution is 2.37. The fourth-order valence-corrected chi connectivity index (χ4v) is 3.10. The normalized spacial score (nSPS) is 29.1. The van der Waals surface area contributed by atoms with Crippen LogP contribution in [-0.4, -0.2) is 23.7 Å². The lowest BCUT2D eigenvalue weighted by Gasteiger charge is -2.43. The highest BCUT2D eigenvalue weighted by molar-refractivity contribution is 5.13. The summed E-state index contributed by atoms with van der Waals surface area (Å²) in [6.07, 6.45) is 9.10. The highest BCUT2D eigenvalue weighted by Gasteiger charge is 2.41. The zero-order valence-corrected chi connectivity index (χ0v) is 11.9. The maximum absolute atomic E-state index is 5.89. The second kappa shape index (κ2) is 6.46. The van der Waals surface area contributed by atoms with E-state index in [9.17, 15) is 0 Å². The van der Waals surface area contributed by atoms with Crippen LogP contribution in [0.5, 0.6) is 0 Å². The number of nitrogens with two attached hydrogens (primary N) is 1. The van der Waals surface area contributed by atoms with Crippen molar-refractivity contribution in [3.05, 3.63) is 30.1 Å². The average molecular weight is 263 g/mol. The number of hydrazine groups is 1. The molecular formula is C15H25N3O. The predicted molar refractivity (Wildman–Crippen MR) is 76.4 cm³/mol. The fraction of sp³-hybridized carbons (Fsp3) is 0.667. The molecule has 0 radical (unpaired) electrons. The Bertz CT molecular complexity index is 374. The van der Waals surface area contributed by atoms with Crippen molar-refractivity contribution < 1.29 is 4.74 Å². The summed E-state index contributed by atoms with van der Waals surface area (Å²) in [7, 11) is 1.81. The minimum absolute atomic E-state index is 0.134. The van der Waals surface area contributed by atoms with Crippen molar-refractivity contribution in [2.45, 2.75) is 50.7 Å². The molecule has 1 aliphatic rings. The summed E-state index contributed by atoms with van der Waals surface area (Å²) in [5, 5.41) is 0. The van der Waals surface area contributed by atoms with Crippen molar-refractivity contribution in [3.63, 3.8) is 0 Å². The molecule has 1 unspecified atom stereocenters. The van der Waals surface area contributed by atoms with E-state index in [1.807, 2.05) is 31.6 Å². The maximum atomic E-state index is 5.89. The van der Waals surface area contributed by atoms with Crippen molar-refractivity contribution in [3.8, 4) is 0 Å². The van der Waals surface area contributed by atoms with Crippen LogP contribution >= 0.6 is 0 Å². The Kier molecular flexibility index (Phi) is 4.91. The molecule has 19 heavy (non-hydrogen) atoms. The molecule has 0 aliphatic heterocycles. The Morgan fingerprint density at radius 2 is 2.05 bits per heavy atom. The van der Waals surface area contributed by atoms with Crippen molar-refractivity contribution in [1.29, 1.82) is 0 Å². The molecule has 1 saturated carbocycles. The van der Waals surface area contributed by atoms with E-state index in [0.717, 1.165) is 25.2 Å². The van der Waals surface area contributed by atoms with Crippen molar-refractivity contribution in [1.82, 2.24) is 10.4 Å². The minimum Gasteiger partial charge on any atom is -0.377 e. The van der Waals surface area contributed by atoms with Crippen molar-refractivity contribution in [2.24, 2.45) is 11.8 Å². The van der Waals surface area contributed by atoms with Crippen LogP contribution in [0.4, 0.5) is 0 Å². The number of hydrogen-bond acceptors (Lipinski definition) is 4. The summed E-state index contributed by atoms with van der Waals surface area (Å²) in [6.45, 7) is 2.31. The summed E-state index contributed by atoms with van der Waals surface area (Å²) in [5.41, 5.74) is 4.09. The van der Waals surface area contributed by atoms with Crippen LogP contribution in [0.1, 0.15) is 38.2 Å². The molecule has 1 atom stereocenters. The molecule has 4 heteroatoms. The quantitative estimate of drug-likeness (QED) is 0.630. The Morgan fingerprint density at radius 3 is 2.58 bits per heavy atom. The van der Waals surface area contributed by atoms with Gasteiger partial charge in [0.15, 0.2) is 0 Å². The van der Waals surface area contributed by atoms with Gasteiger partial charge in [-0.15, -0.1) is 0 Å². The molecule has 106 valence electrons. The van der Waals surface area contributed by atoms with E-state index in [1.165, 1.54) is 18.4 Å². The van der Waals surface area contributed by atoms with Crippen LogP contribution in [0.15, 0.2) is 24.5 Å². The van der Waals surface area contributed by atoms with Crippen LogP contribution < -0.4 is 11.3 Å². The minimum atomic E-state index is -0.134. The first kappa shape index (κ1) is 14.4. The van der Waals surface area contributed by atoms with Crippen LogP contribution in [0.2, 0.25) is 0 Å². The Labute approximate surface area is 115 Å². The molecule has 2 rings (SSSR count). The van der Waals surface area contributed by atoms with Gasteiger partial charge in [0.25, 0.3) is 0 Å². The van der Waals surface area contributed by atoms with Gasteiger partial charge in [0.1, 0.15) is 0 Å². The molecule has 3 N–H and O–H groups in total. The number of ether oxygens (including phenoxy) is 1. The van der Waals surface area contributed by atoms with Gasteiger partial charge in [-0.2, -0.15) is 0 Å². The number of hydrogen-bond donors (Lipinski definition) is 2. The van der Waals surface area contributed by atoms with Gasteiger partial charge in [-0.1, -0.05) is 6.92 Å². The van der Waals surface area contributed by atoms with E-state index < -0.39 is 0 Å². The van der Waals surface area contributed by atoms with E-state index in [0.29, 0.717) is 0 Å². The first-order valence-corrected chi connectivity index (χ1v) is 7.10. The van der Waals surface area contributed by atoms with Gasteiger partial charge >= 0.3 is 0 Å². The zero-order valence-electron chi connectivity index (χ0n) is 11.9. The van der Waals surface area contributed by atoms with Gasteiger partial charge in [0.05, 0.1) is 11.6 Å². The SMILES string of the molecule is COC1(C(Cc2ccncc2)NN)CCC(C)CC1.